The van der Waals surface area contributed by atoms with Crippen molar-refractivity contribution in [2.45, 2.75) is 56.8 Å². The van der Waals surface area contributed by atoms with Gasteiger partial charge < -0.3 is 21.1 Å². The lowest BCUT2D eigenvalue weighted by molar-refractivity contribution is -0.137. The maximum Gasteiger partial charge on any atom is 0.416 e. The first kappa shape index (κ1) is 24.7. The van der Waals surface area contributed by atoms with Gasteiger partial charge in [0, 0.05) is 25.3 Å². The van der Waals surface area contributed by atoms with E-state index in [1.54, 1.807) is 6.20 Å². The summed E-state index contributed by atoms with van der Waals surface area (Å²) in [6.45, 7) is 1.94. The van der Waals surface area contributed by atoms with Gasteiger partial charge >= 0.3 is 6.18 Å². The van der Waals surface area contributed by atoms with E-state index in [0.717, 1.165) is 56.7 Å². The predicted molar refractivity (Wildman–Crippen MR) is 128 cm³/mol. The summed E-state index contributed by atoms with van der Waals surface area (Å²) in [7, 11) is 0. The van der Waals surface area contributed by atoms with Gasteiger partial charge in [0.2, 0.25) is 11.9 Å². The largest absolute Gasteiger partial charge is 0.416 e. The number of rotatable bonds is 6. The number of fused-ring (bicyclic) bond motifs is 1. The van der Waals surface area contributed by atoms with Crippen LogP contribution in [0.25, 0.3) is 11.2 Å². The van der Waals surface area contributed by atoms with Crippen molar-refractivity contribution in [3.05, 3.63) is 35.8 Å². The summed E-state index contributed by atoms with van der Waals surface area (Å²) < 4.78 is 61.7. The number of halogens is 4. The van der Waals surface area contributed by atoms with Crippen LogP contribution in [-0.4, -0.2) is 45.3 Å². The molecule has 3 aromatic rings. The molecule has 1 aliphatic heterocycles. The molecule has 0 spiro atoms. The van der Waals surface area contributed by atoms with E-state index < -0.39 is 17.6 Å². The number of ether oxygens (including phenoxy) is 1. The van der Waals surface area contributed by atoms with Gasteiger partial charge in [0.05, 0.1) is 17.4 Å². The number of nitrogens with two attached hydrogens (primary N) is 1. The number of alkyl halides is 3. The van der Waals surface area contributed by atoms with Gasteiger partial charge in [0.15, 0.2) is 5.65 Å². The van der Waals surface area contributed by atoms with Crippen LogP contribution in [0.3, 0.4) is 0 Å². The molecule has 0 bridgehead atoms. The van der Waals surface area contributed by atoms with Crippen LogP contribution in [0.4, 0.5) is 35.1 Å². The highest BCUT2D eigenvalue weighted by Gasteiger charge is 2.32. The van der Waals surface area contributed by atoms with E-state index in [-0.39, 0.29) is 23.7 Å². The predicted octanol–water partition coefficient (Wildman–Crippen LogP) is 5.01. The molecule has 0 unspecified atom stereocenters. The molecule has 0 atom stereocenters. The van der Waals surface area contributed by atoms with Crippen LogP contribution in [0.2, 0.25) is 0 Å². The number of hydrogen-bond acceptors (Lipinski definition) is 7. The molecular formula is C24H29F4N7O. The molecule has 1 saturated heterocycles. The highest BCUT2D eigenvalue weighted by molar-refractivity contribution is 5.76. The van der Waals surface area contributed by atoms with Gasteiger partial charge in [-0.1, -0.05) is 0 Å². The first-order valence-electron chi connectivity index (χ1n) is 12.2. The number of hydrogen-bond donors (Lipinski definition) is 3. The minimum Gasteiger partial charge on any atom is -0.381 e. The minimum absolute atomic E-state index is 0.0139. The molecule has 0 radical (unpaired) electrons. The molecule has 3 heterocycles. The molecule has 1 saturated carbocycles. The van der Waals surface area contributed by atoms with Gasteiger partial charge in [0.1, 0.15) is 11.3 Å². The average molecular weight is 508 g/mol. The average Bonchev–Trinajstić information content (AvgIpc) is 3.22. The Morgan fingerprint density at radius 2 is 1.81 bits per heavy atom. The Kier molecular flexibility index (Phi) is 6.98. The fourth-order valence-electron chi connectivity index (χ4n) is 4.98. The van der Waals surface area contributed by atoms with Crippen molar-refractivity contribution in [2.75, 3.05) is 30.4 Å². The maximum absolute atomic E-state index is 14.6. The van der Waals surface area contributed by atoms with Crippen LogP contribution in [0.5, 0.6) is 0 Å². The molecule has 8 nitrogen and oxygen atoms in total. The van der Waals surface area contributed by atoms with Gasteiger partial charge in [-0.05, 0) is 69.2 Å². The molecule has 1 aromatic carbocycles. The third kappa shape index (κ3) is 5.24. The van der Waals surface area contributed by atoms with Crippen LogP contribution in [0, 0.1) is 11.7 Å². The van der Waals surface area contributed by atoms with Crippen LogP contribution >= 0.6 is 0 Å². The Labute approximate surface area is 205 Å². The second kappa shape index (κ2) is 10.2. The summed E-state index contributed by atoms with van der Waals surface area (Å²) in [5.41, 5.74) is 5.64. The van der Waals surface area contributed by atoms with Crippen LogP contribution in [0.15, 0.2) is 24.4 Å². The fraction of sp³-hybridized carbons (Fsp3) is 0.542. The van der Waals surface area contributed by atoms with Gasteiger partial charge in [0.25, 0.3) is 0 Å². The van der Waals surface area contributed by atoms with Gasteiger partial charge in [-0.3, -0.25) is 4.57 Å². The monoisotopic (exact) mass is 507 g/mol. The first-order valence-corrected chi connectivity index (χ1v) is 12.2. The van der Waals surface area contributed by atoms with E-state index in [2.05, 4.69) is 20.6 Å². The minimum atomic E-state index is -4.60. The zero-order chi connectivity index (χ0) is 25.3. The zero-order valence-electron chi connectivity index (χ0n) is 19.7. The summed E-state index contributed by atoms with van der Waals surface area (Å²) in [6.07, 6.45) is 2.10. The van der Waals surface area contributed by atoms with Crippen LogP contribution in [-0.2, 0) is 10.9 Å². The van der Waals surface area contributed by atoms with E-state index in [9.17, 15) is 17.6 Å². The summed E-state index contributed by atoms with van der Waals surface area (Å²) in [4.78, 5) is 13.7. The Bertz CT molecular complexity index is 1200. The quantitative estimate of drug-likeness (QED) is 0.403. The maximum atomic E-state index is 14.6. The van der Waals surface area contributed by atoms with E-state index in [0.29, 0.717) is 42.8 Å². The van der Waals surface area contributed by atoms with Crippen molar-refractivity contribution < 1.29 is 22.3 Å². The van der Waals surface area contributed by atoms with Crippen LogP contribution in [0.1, 0.15) is 50.1 Å². The third-order valence-corrected chi connectivity index (χ3v) is 7.04. The molecule has 36 heavy (non-hydrogen) atoms. The molecule has 1 aliphatic carbocycles. The Hall–Kier alpha value is -2.99. The van der Waals surface area contributed by atoms with E-state index in [4.69, 9.17) is 15.5 Å². The summed E-state index contributed by atoms with van der Waals surface area (Å²) in [5.74, 6) is 0.301. The second-order valence-corrected chi connectivity index (χ2v) is 9.47. The lowest BCUT2D eigenvalue weighted by Gasteiger charge is -2.30. The molecule has 2 fully saturated rings. The Morgan fingerprint density at radius 3 is 2.50 bits per heavy atom. The first-order chi connectivity index (χ1) is 17.3. The van der Waals surface area contributed by atoms with Crippen molar-refractivity contribution in [3.63, 3.8) is 0 Å². The third-order valence-electron chi connectivity index (χ3n) is 7.04. The number of nitrogens with one attached hydrogen (secondary N) is 2. The van der Waals surface area contributed by atoms with Gasteiger partial charge in [-0.15, -0.1) is 0 Å². The Balaban J connectivity index is 1.52. The van der Waals surface area contributed by atoms with E-state index in [1.165, 1.54) is 0 Å². The molecule has 12 heteroatoms. The topological polar surface area (TPSA) is 103 Å². The van der Waals surface area contributed by atoms with Crippen molar-refractivity contribution in [2.24, 2.45) is 11.7 Å². The number of anilines is 3. The molecular weight excluding hydrogens is 478 g/mol. The van der Waals surface area contributed by atoms with Gasteiger partial charge in [-0.2, -0.15) is 18.2 Å². The van der Waals surface area contributed by atoms with Crippen molar-refractivity contribution >= 4 is 28.7 Å². The molecule has 2 aromatic heterocycles. The summed E-state index contributed by atoms with van der Waals surface area (Å²) >= 11 is 0. The number of nitrogens with zero attached hydrogens (tertiary/aromatic N) is 4. The number of benzene rings is 1. The van der Waals surface area contributed by atoms with E-state index >= 15 is 0 Å². The van der Waals surface area contributed by atoms with Crippen molar-refractivity contribution in [3.8, 4) is 0 Å². The summed E-state index contributed by atoms with van der Waals surface area (Å²) in [6, 6.07) is 2.45. The van der Waals surface area contributed by atoms with Crippen LogP contribution < -0.4 is 16.4 Å². The zero-order valence-corrected chi connectivity index (χ0v) is 19.7. The molecule has 0 amide bonds. The van der Waals surface area contributed by atoms with Crippen molar-refractivity contribution in [1.82, 2.24) is 19.5 Å². The normalized spacial score (nSPS) is 21.6. The highest BCUT2D eigenvalue weighted by Crippen LogP contribution is 2.38. The van der Waals surface area contributed by atoms with E-state index in [1.807, 2.05) is 4.57 Å². The molecule has 194 valence electrons. The lowest BCUT2D eigenvalue weighted by atomic mass is 9.86. The standard InChI is InChI=1S/C24H29F4N7O/c25-18-6-3-15(24(26,27)28)11-19(18)32-23-33-20-13-30-22(31-16-7-9-36-10-8-16)34-21(20)35(23)17-4-1-14(12-29)2-5-17/h3,6,11,13-14,16-17H,1-2,4-5,7-10,12,29H2,(H,32,33)(H,30,31,34)/t14-,17-. The highest BCUT2D eigenvalue weighted by atomic mass is 19.4. The smallest absolute Gasteiger partial charge is 0.381 e. The van der Waals surface area contributed by atoms with Gasteiger partial charge in [-0.25, -0.2) is 14.4 Å². The molecule has 5 rings (SSSR count). The number of imidazole rings is 1. The Morgan fingerprint density at radius 1 is 1.06 bits per heavy atom. The lowest BCUT2D eigenvalue weighted by Crippen LogP contribution is -2.28. The second-order valence-electron chi connectivity index (χ2n) is 9.47. The summed E-state index contributed by atoms with van der Waals surface area (Å²) in [5, 5.41) is 6.16. The SMILES string of the molecule is NC[C@H]1CC[C@H](n2c(Nc3cc(C(F)(F)F)ccc3F)nc3cnc(NC4CCOCC4)nc32)CC1. The fourth-order valence-corrected chi connectivity index (χ4v) is 4.98. The van der Waals surface area contributed by atoms with Crippen molar-refractivity contribution in [1.29, 1.82) is 0 Å². The molecule has 4 N–H and O–H groups in total. The number of aromatic nitrogens is 4. The molecule has 2 aliphatic rings.